The van der Waals surface area contributed by atoms with Crippen molar-refractivity contribution >= 4 is 11.9 Å². The minimum Gasteiger partial charge on any atom is -0.477 e. The normalized spacial score (nSPS) is 11.3. The van der Waals surface area contributed by atoms with Crippen LogP contribution in [0.2, 0.25) is 0 Å². The predicted molar refractivity (Wildman–Crippen MR) is 66.6 cm³/mol. The van der Waals surface area contributed by atoms with Gasteiger partial charge in [0.1, 0.15) is 11.4 Å². The van der Waals surface area contributed by atoms with E-state index in [-0.39, 0.29) is 17.1 Å². The van der Waals surface area contributed by atoms with Crippen LogP contribution in [-0.4, -0.2) is 26.8 Å². The zero-order valence-corrected chi connectivity index (χ0v) is 11.1. The van der Waals surface area contributed by atoms with Gasteiger partial charge < -0.3 is 9.84 Å². The Balaban J connectivity index is 2.22. The molecular weight excluding hydrogens is 305 g/mol. The standard InChI is InChI=1S/C13H9F3N2O4/c1-18-10(11(19)20)6-9(17-18)12(21)22-8-4-2-3-7(5-8)13(14,15)16/h2-6H,1H3,(H,19,20). The average Bonchev–Trinajstić information content (AvgIpc) is 2.80. The molecule has 6 nitrogen and oxygen atoms in total. The van der Waals surface area contributed by atoms with Crippen LogP contribution in [0.4, 0.5) is 13.2 Å². The van der Waals surface area contributed by atoms with Crippen molar-refractivity contribution in [2.24, 2.45) is 7.05 Å². The lowest BCUT2D eigenvalue weighted by Crippen LogP contribution is -2.11. The summed E-state index contributed by atoms with van der Waals surface area (Å²) in [6, 6.07) is 4.73. The van der Waals surface area contributed by atoms with E-state index in [1.807, 2.05) is 0 Å². The quantitative estimate of drug-likeness (QED) is 0.695. The van der Waals surface area contributed by atoms with E-state index in [2.05, 4.69) is 5.10 Å². The summed E-state index contributed by atoms with van der Waals surface area (Å²) in [5.41, 5.74) is -1.54. The number of carboxylic acid groups (broad SMARTS) is 1. The van der Waals surface area contributed by atoms with Crippen molar-refractivity contribution in [3.05, 3.63) is 47.3 Å². The van der Waals surface area contributed by atoms with Gasteiger partial charge in [0.25, 0.3) is 0 Å². The lowest BCUT2D eigenvalue weighted by Gasteiger charge is -2.08. The number of nitrogens with zero attached hydrogens (tertiary/aromatic N) is 2. The van der Waals surface area contributed by atoms with Gasteiger partial charge in [-0.15, -0.1) is 0 Å². The second-order valence-corrected chi connectivity index (χ2v) is 4.26. The van der Waals surface area contributed by atoms with E-state index >= 15 is 0 Å². The van der Waals surface area contributed by atoms with Crippen LogP contribution < -0.4 is 4.74 Å². The smallest absolute Gasteiger partial charge is 0.416 e. The third kappa shape index (κ3) is 3.25. The number of esters is 1. The second kappa shape index (κ2) is 5.51. The Bertz CT molecular complexity index is 737. The number of hydrogen-bond donors (Lipinski definition) is 1. The second-order valence-electron chi connectivity index (χ2n) is 4.26. The topological polar surface area (TPSA) is 81.4 Å². The Hall–Kier alpha value is -2.84. The molecule has 0 spiro atoms. The molecule has 0 aliphatic heterocycles. The SMILES string of the molecule is Cn1nc(C(=O)Oc2cccc(C(F)(F)F)c2)cc1C(=O)O. The predicted octanol–water partition coefficient (Wildman–Crippen LogP) is 2.36. The van der Waals surface area contributed by atoms with Gasteiger partial charge in [0.15, 0.2) is 5.69 Å². The molecule has 2 aromatic rings. The molecular formula is C13H9F3N2O4. The van der Waals surface area contributed by atoms with Crippen LogP contribution >= 0.6 is 0 Å². The van der Waals surface area contributed by atoms with Gasteiger partial charge in [-0.2, -0.15) is 18.3 Å². The molecule has 1 N–H and O–H groups in total. The fraction of sp³-hybridized carbons (Fsp3) is 0.154. The number of carbonyl (C=O) groups excluding carboxylic acids is 1. The summed E-state index contributed by atoms with van der Waals surface area (Å²) in [6.07, 6.45) is -4.57. The summed E-state index contributed by atoms with van der Waals surface area (Å²) in [7, 11) is 1.31. The van der Waals surface area contributed by atoms with E-state index in [9.17, 15) is 22.8 Å². The number of carboxylic acids is 1. The number of aryl methyl sites for hydroxylation is 1. The number of rotatable bonds is 3. The highest BCUT2D eigenvalue weighted by atomic mass is 19.4. The maximum atomic E-state index is 12.6. The largest absolute Gasteiger partial charge is 0.477 e. The molecule has 0 saturated heterocycles. The highest BCUT2D eigenvalue weighted by molar-refractivity contribution is 5.93. The van der Waals surface area contributed by atoms with Crippen LogP contribution in [0.25, 0.3) is 0 Å². The first-order chi connectivity index (χ1) is 10.2. The molecule has 0 unspecified atom stereocenters. The van der Waals surface area contributed by atoms with Crippen molar-refractivity contribution in [3.8, 4) is 5.75 Å². The van der Waals surface area contributed by atoms with E-state index in [1.54, 1.807) is 0 Å². The zero-order valence-electron chi connectivity index (χ0n) is 11.1. The molecule has 0 aliphatic rings. The first-order valence-electron chi connectivity index (χ1n) is 5.85. The summed E-state index contributed by atoms with van der Waals surface area (Å²) in [4.78, 5) is 22.6. The third-order valence-electron chi connectivity index (χ3n) is 2.68. The number of carbonyl (C=O) groups is 2. The number of halogens is 3. The van der Waals surface area contributed by atoms with Gasteiger partial charge in [0, 0.05) is 13.1 Å². The molecule has 0 aliphatic carbocycles. The number of hydrogen-bond acceptors (Lipinski definition) is 4. The first kappa shape index (κ1) is 15.5. The van der Waals surface area contributed by atoms with Gasteiger partial charge in [-0.05, 0) is 18.2 Å². The van der Waals surface area contributed by atoms with Gasteiger partial charge in [0.05, 0.1) is 5.56 Å². The fourth-order valence-corrected chi connectivity index (χ4v) is 1.66. The summed E-state index contributed by atoms with van der Waals surface area (Å²) < 4.78 is 43.4. The Kier molecular flexibility index (Phi) is 3.89. The van der Waals surface area contributed by atoms with E-state index in [0.29, 0.717) is 6.07 Å². The number of benzene rings is 1. The lowest BCUT2D eigenvalue weighted by atomic mass is 10.2. The maximum absolute atomic E-state index is 12.6. The van der Waals surface area contributed by atoms with Crippen molar-refractivity contribution in [3.63, 3.8) is 0 Å². The molecule has 0 saturated carbocycles. The molecule has 0 radical (unpaired) electrons. The minimum atomic E-state index is -4.57. The van der Waals surface area contributed by atoms with Gasteiger partial charge in [-0.1, -0.05) is 6.07 Å². The molecule has 2 rings (SSSR count). The van der Waals surface area contributed by atoms with Crippen LogP contribution in [0, 0.1) is 0 Å². The van der Waals surface area contributed by atoms with E-state index < -0.39 is 23.7 Å². The van der Waals surface area contributed by atoms with Crippen LogP contribution in [0.5, 0.6) is 5.75 Å². The Morgan fingerprint density at radius 2 is 1.95 bits per heavy atom. The Labute approximate surface area is 121 Å². The van der Waals surface area contributed by atoms with Gasteiger partial charge >= 0.3 is 18.1 Å². The summed E-state index contributed by atoms with van der Waals surface area (Å²) >= 11 is 0. The zero-order chi connectivity index (χ0) is 16.5. The molecule has 1 aromatic heterocycles. The van der Waals surface area contributed by atoms with Crippen LogP contribution in [-0.2, 0) is 13.2 Å². The molecule has 22 heavy (non-hydrogen) atoms. The molecule has 9 heteroatoms. The molecule has 1 heterocycles. The summed E-state index contributed by atoms with van der Waals surface area (Å²) in [6.45, 7) is 0. The Morgan fingerprint density at radius 1 is 1.27 bits per heavy atom. The number of aromatic nitrogens is 2. The molecule has 1 aromatic carbocycles. The van der Waals surface area contributed by atoms with Gasteiger partial charge in [-0.25, -0.2) is 9.59 Å². The maximum Gasteiger partial charge on any atom is 0.416 e. The highest BCUT2D eigenvalue weighted by Gasteiger charge is 2.31. The number of aromatic carboxylic acids is 1. The monoisotopic (exact) mass is 314 g/mol. The van der Waals surface area contributed by atoms with Crippen molar-refractivity contribution < 1.29 is 32.6 Å². The lowest BCUT2D eigenvalue weighted by molar-refractivity contribution is -0.137. The van der Waals surface area contributed by atoms with Crippen molar-refractivity contribution in [1.82, 2.24) is 9.78 Å². The van der Waals surface area contributed by atoms with Crippen molar-refractivity contribution in [2.45, 2.75) is 6.18 Å². The molecule has 0 bridgehead atoms. The molecule has 0 fully saturated rings. The van der Waals surface area contributed by atoms with Gasteiger partial charge in [0.2, 0.25) is 0 Å². The van der Waals surface area contributed by atoms with Crippen LogP contribution in [0.1, 0.15) is 26.5 Å². The van der Waals surface area contributed by atoms with E-state index in [1.165, 1.54) is 13.1 Å². The van der Waals surface area contributed by atoms with Crippen LogP contribution in [0.3, 0.4) is 0 Å². The molecule has 0 amide bonds. The van der Waals surface area contributed by atoms with Gasteiger partial charge in [-0.3, -0.25) is 4.68 Å². The third-order valence-corrected chi connectivity index (χ3v) is 2.68. The minimum absolute atomic E-state index is 0.254. The summed E-state index contributed by atoms with van der Waals surface area (Å²) in [5.74, 6) is -2.67. The number of ether oxygens (including phenoxy) is 1. The number of alkyl halides is 3. The van der Waals surface area contributed by atoms with Crippen molar-refractivity contribution in [1.29, 1.82) is 0 Å². The average molecular weight is 314 g/mol. The molecule has 0 atom stereocenters. The van der Waals surface area contributed by atoms with Crippen LogP contribution in [0.15, 0.2) is 30.3 Å². The van der Waals surface area contributed by atoms with Crippen molar-refractivity contribution in [2.75, 3.05) is 0 Å². The molecule has 116 valence electrons. The van der Waals surface area contributed by atoms with E-state index in [4.69, 9.17) is 9.84 Å². The van der Waals surface area contributed by atoms with E-state index in [0.717, 1.165) is 22.9 Å². The highest BCUT2D eigenvalue weighted by Crippen LogP contribution is 2.31. The fourth-order valence-electron chi connectivity index (χ4n) is 1.66. The first-order valence-corrected chi connectivity index (χ1v) is 5.85. The summed E-state index contributed by atoms with van der Waals surface area (Å²) in [5, 5.41) is 12.5. The Morgan fingerprint density at radius 3 is 2.50 bits per heavy atom.